The van der Waals surface area contributed by atoms with Crippen LogP contribution in [0.2, 0.25) is 0 Å². The molecule has 0 saturated carbocycles. The van der Waals surface area contributed by atoms with Crippen molar-refractivity contribution in [3.63, 3.8) is 0 Å². The molecule has 0 bridgehead atoms. The van der Waals surface area contributed by atoms with Gasteiger partial charge in [0.1, 0.15) is 11.6 Å². The van der Waals surface area contributed by atoms with Gasteiger partial charge in [-0.25, -0.2) is 8.78 Å². The number of carbonyl (C=O) groups excluding carboxylic acids is 1. The van der Waals surface area contributed by atoms with Gasteiger partial charge in [-0.05, 0) is 17.5 Å². The SMILES string of the molecule is O=C(CBr)NC1SC=C(c2ccc(F)cc2F)N1C(F)(F)F. The topological polar surface area (TPSA) is 32.3 Å². The van der Waals surface area contributed by atoms with Crippen LogP contribution >= 0.6 is 27.7 Å². The molecule has 0 saturated heterocycles. The van der Waals surface area contributed by atoms with Crippen LogP contribution < -0.4 is 5.32 Å². The Hall–Kier alpha value is -1.29. The van der Waals surface area contributed by atoms with Crippen molar-refractivity contribution in [3.05, 3.63) is 40.8 Å². The van der Waals surface area contributed by atoms with Crippen LogP contribution in [0, 0.1) is 11.6 Å². The number of thioether (sulfide) groups is 1. The van der Waals surface area contributed by atoms with Crippen LogP contribution in [-0.2, 0) is 4.79 Å². The van der Waals surface area contributed by atoms with Gasteiger partial charge in [0.05, 0.1) is 11.0 Å². The first-order valence-electron chi connectivity index (χ1n) is 5.76. The summed E-state index contributed by atoms with van der Waals surface area (Å²) in [5.41, 5.74) is -2.35. The maximum absolute atomic E-state index is 13.7. The molecule has 0 aromatic heterocycles. The Kier molecular flexibility index (Phi) is 5.00. The van der Waals surface area contributed by atoms with Gasteiger partial charge in [-0.1, -0.05) is 27.7 Å². The normalized spacial score (nSPS) is 18.4. The van der Waals surface area contributed by atoms with Crippen LogP contribution in [0.4, 0.5) is 22.0 Å². The van der Waals surface area contributed by atoms with Crippen LogP contribution in [0.5, 0.6) is 0 Å². The van der Waals surface area contributed by atoms with Crippen LogP contribution in [0.3, 0.4) is 0 Å². The van der Waals surface area contributed by atoms with Crippen LogP contribution in [0.25, 0.3) is 5.70 Å². The molecule has 0 spiro atoms. The molecule has 22 heavy (non-hydrogen) atoms. The second kappa shape index (κ2) is 6.45. The Morgan fingerprint density at radius 3 is 2.59 bits per heavy atom. The first kappa shape index (κ1) is 17.1. The minimum Gasteiger partial charge on any atom is -0.326 e. The van der Waals surface area contributed by atoms with E-state index in [1.54, 1.807) is 0 Å². The molecule has 1 aromatic rings. The largest absolute Gasteiger partial charge is 0.487 e. The molecule has 0 fully saturated rings. The summed E-state index contributed by atoms with van der Waals surface area (Å²) >= 11 is 3.50. The maximum atomic E-state index is 13.7. The predicted octanol–water partition coefficient (Wildman–Crippen LogP) is 3.63. The van der Waals surface area contributed by atoms with Crippen molar-refractivity contribution in [3.8, 4) is 0 Å². The summed E-state index contributed by atoms with van der Waals surface area (Å²) in [6.07, 6.45) is -4.85. The van der Waals surface area contributed by atoms with E-state index in [9.17, 15) is 26.7 Å². The molecule has 120 valence electrons. The van der Waals surface area contributed by atoms with Gasteiger partial charge in [0.2, 0.25) is 5.91 Å². The van der Waals surface area contributed by atoms with Crippen LogP contribution in [0.15, 0.2) is 23.6 Å². The van der Waals surface area contributed by atoms with Crippen LogP contribution in [0.1, 0.15) is 5.56 Å². The van der Waals surface area contributed by atoms with Crippen molar-refractivity contribution < 1.29 is 26.7 Å². The van der Waals surface area contributed by atoms with Crippen LogP contribution in [-0.4, -0.2) is 27.9 Å². The van der Waals surface area contributed by atoms with E-state index in [4.69, 9.17) is 0 Å². The van der Waals surface area contributed by atoms with Crippen molar-refractivity contribution in [2.45, 2.75) is 11.8 Å². The molecule has 3 nitrogen and oxygen atoms in total. The number of hydrogen-bond donors (Lipinski definition) is 1. The fourth-order valence-electron chi connectivity index (χ4n) is 1.81. The summed E-state index contributed by atoms with van der Waals surface area (Å²) in [6.45, 7) is 0. The van der Waals surface area contributed by atoms with Gasteiger partial charge in [0.15, 0.2) is 5.50 Å². The Morgan fingerprint density at radius 1 is 1.36 bits per heavy atom. The first-order chi connectivity index (χ1) is 10.2. The van der Waals surface area contributed by atoms with Gasteiger partial charge in [-0.2, -0.15) is 0 Å². The van der Waals surface area contributed by atoms with E-state index in [0.29, 0.717) is 17.8 Å². The minimum atomic E-state index is -4.85. The lowest BCUT2D eigenvalue weighted by Gasteiger charge is -2.31. The molecule has 2 rings (SSSR count). The molecule has 1 aliphatic rings. The molecule has 1 heterocycles. The highest BCUT2D eigenvalue weighted by Gasteiger charge is 2.47. The lowest BCUT2D eigenvalue weighted by molar-refractivity contribution is -0.226. The van der Waals surface area contributed by atoms with Gasteiger partial charge >= 0.3 is 6.30 Å². The van der Waals surface area contributed by atoms with E-state index in [1.165, 1.54) is 0 Å². The average molecular weight is 403 g/mol. The van der Waals surface area contributed by atoms with Gasteiger partial charge in [0, 0.05) is 11.6 Å². The molecule has 0 radical (unpaired) electrons. The summed E-state index contributed by atoms with van der Waals surface area (Å²) in [4.78, 5) is 11.2. The third-order valence-electron chi connectivity index (χ3n) is 2.69. The van der Waals surface area contributed by atoms with Crippen molar-refractivity contribution in [1.29, 1.82) is 0 Å². The third-order valence-corrected chi connectivity index (χ3v) is 4.14. The van der Waals surface area contributed by atoms with Crippen molar-refractivity contribution in [1.82, 2.24) is 10.2 Å². The summed E-state index contributed by atoms with van der Waals surface area (Å²) < 4.78 is 66.3. The molecule has 10 heteroatoms. The average Bonchev–Trinajstić information content (AvgIpc) is 2.82. The smallest absolute Gasteiger partial charge is 0.326 e. The number of rotatable bonds is 3. The van der Waals surface area contributed by atoms with E-state index in [-0.39, 0.29) is 10.2 Å². The van der Waals surface area contributed by atoms with Crippen molar-refractivity contribution in [2.24, 2.45) is 0 Å². The third kappa shape index (κ3) is 3.54. The lowest BCUT2D eigenvalue weighted by atomic mass is 10.1. The number of alkyl halides is 4. The number of nitrogens with zero attached hydrogens (tertiary/aromatic N) is 1. The number of nitrogens with one attached hydrogen (secondary N) is 1. The van der Waals surface area contributed by atoms with E-state index < -0.39 is 40.6 Å². The summed E-state index contributed by atoms with van der Waals surface area (Å²) in [6, 6.07) is 2.28. The Labute approximate surface area is 134 Å². The first-order valence-corrected chi connectivity index (χ1v) is 7.83. The Bertz CT molecular complexity index is 622. The Balaban J connectivity index is 2.36. The molecule has 0 aliphatic carbocycles. The summed E-state index contributed by atoms with van der Waals surface area (Å²) in [5.74, 6) is -2.66. The summed E-state index contributed by atoms with van der Waals surface area (Å²) in [5, 5.41) is 3.05. The molecule has 1 atom stereocenters. The molecule has 1 aromatic carbocycles. The number of amides is 1. The lowest BCUT2D eigenvalue weighted by Crippen LogP contribution is -2.49. The highest BCUT2D eigenvalue weighted by molar-refractivity contribution is 9.09. The van der Waals surface area contributed by atoms with E-state index in [1.807, 2.05) is 0 Å². The van der Waals surface area contributed by atoms with Gasteiger partial charge in [0.25, 0.3) is 0 Å². The van der Waals surface area contributed by atoms with E-state index in [0.717, 1.165) is 17.5 Å². The van der Waals surface area contributed by atoms with E-state index >= 15 is 0 Å². The number of hydrogen-bond acceptors (Lipinski definition) is 3. The summed E-state index contributed by atoms with van der Waals surface area (Å²) in [7, 11) is 0. The molecule has 1 aliphatic heterocycles. The van der Waals surface area contributed by atoms with Crippen molar-refractivity contribution >= 4 is 39.3 Å². The zero-order chi connectivity index (χ0) is 16.5. The fourth-order valence-corrected chi connectivity index (χ4v) is 3.02. The second-order valence-corrected chi connectivity index (χ2v) is 5.67. The fraction of sp³-hybridized carbons (Fsp3) is 0.250. The van der Waals surface area contributed by atoms with Crippen molar-refractivity contribution in [2.75, 3.05) is 5.33 Å². The maximum Gasteiger partial charge on any atom is 0.487 e. The van der Waals surface area contributed by atoms with Gasteiger partial charge in [-0.15, -0.1) is 13.2 Å². The highest BCUT2D eigenvalue weighted by atomic mass is 79.9. The minimum absolute atomic E-state index is 0.0749. The quantitative estimate of drug-likeness (QED) is 0.476. The molecule has 1 unspecified atom stereocenters. The number of benzene rings is 1. The number of carbonyl (C=O) groups is 1. The highest BCUT2D eigenvalue weighted by Crippen LogP contribution is 2.43. The molecule has 1 amide bonds. The predicted molar refractivity (Wildman–Crippen MR) is 75.5 cm³/mol. The Morgan fingerprint density at radius 2 is 2.05 bits per heavy atom. The molecule has 1 N–H and O–H groups in total. The zero-order valence-electron chi connectivity index (χ0n) is 10.6. The monoisotopic (exact) mass is 402 g/mol. The zero-order valence-corrected chi connectivity index (χ0v) is 13.0. The molecular weight excluding hydrogens is 395 g/mol. The van der Waals surface area contributed by atoms with Gasteiger partial charge < -0.3 is 5.32 Å². The van der Waals surface area contributed by atoms with E-state index in [2.05, 4.69) is 21.2 Å². The number of halogens is 6. The van der Waals surface area contributed by atoms with Gasteiger partial charge in [-0.3, -0.25) is 9.69 Å². The standard InChI is InChI=1S/C12H8BrF5N2OS/c13-4-10(21)19-11-20(12(16,17)18)9(5-22-11)7-2-1-6(14)3-8(7)15/h1-3,5,11H,4H2,(H,19,21). The molecular formula is C12H8BrF5N2OS. The second-order valence-electron chi connectivity index (χ2n) is 4.15.